The van der Waals surface area contributed by atoms with Crippen molar-refractivity contribution in [1.29, 1.82) is 5.26 Å². The standard InChI is InChI=1S/C17H19N3/c1-4-14-5-7-15(8-6-14)11-19-17-9-12(2)20-13(3)16(17)10-18/h5-9H,4,11H2,1-3H3,(H,19,20). The van der Waals surface area contributed by atoms with E-state index in [9.17, 15) is 5.26 Å². The van der Waals surface area contributed by atoms with Crippen LogP contribution in [0.3, 0.4) is 0 Å². The van der Waals surface area contributed by atoms with E-state index in [1.54, 1.807) is 0 Å². The van der Waals surface area contributed by atoms with E-state index in [0.717, 1.165) is 23.5 Å². The third-order valence-corrected chi connectivity index (χ3v) is 3.35. The van der Waals surface area contributed by atoms with E-state index in [1.165, 1.54) is 11.1 Å². The number of benzene rings is 1. The number of hydrogen-bond acceptors (Lipinski definition) is 3. The summed E-state index contributed by atoms with van der Waals surface area (Å²) in [5.74, 6) is 0. The minimum atomic E-state index is 0.626. The van der Waals surface area contributed by atoms with Gasteiger partial charge in [-0.25, -0.2) is 0 Å². The predicted molar refractivity (Wildman–Crippen MR) is 81.6 cm³/mol. The Kier molecular flexibility index (Phi) is 4.37. The maximum atomic E-state index is 9.23. The van der Waals surface area contributed by atoms with Crippen molar-refractivity contribution in [3.05, 3.63) is 58.4 Å². The molecule has 0 atom stereocenters. The molecule has 2 aromatic rings. The highest BCUT2D eigenvalue weighted by Crippen LogP contribution is 2.19. The molecule has 0 aliphatic rings. The Balaban J connectivity index is 2.16. The molecule has 3 heteroatoms. The Morgan fingerprint density at radius 3 is 2.40 bits per heavy atom. The second-order valence-corrected chi connectivity index (χ2v) is 4.91. The van der Waals surface area contributed by atoms with Crippen LogP contribution < -0.4 is 5.32 Å². The minimum Gasteiger partial charge on any atom is -0.380 e. The average Bonchev–Trinajstić information content (AvgIpc) is 2.45. The summed E-state index contributed by atoms with van der Waals surface area (Å²) >= 11 is 0. The van der Waals surface area contributed by atoms with Crippen LogP contribution >= 0.6 is 0 Å². The van der Waals surface area contributed by atoms with Crippen molar-refractivity contribution in [3.63, 3.8) is 0 Å². The van der Waals surface area contributed by atoms with Crippen LogP contribution in [-0.4, -0.2) is 4.98 Å². The van der Waals surface area contributed by atoms with Gasteiger partial charge in [0.15, 0.2) is 0 Å². The zero-order valence-corrected chi connectivity index (χ0v) is 12.2. The van der Waals surface area contributed by atoms with E-state index in [-0.39, 0.29) is 0 Å². The molecule has 20 heavy (non-hydrogen) atoms. The summed E-state index contributed by atoms with van der Waals surface area (Å²) < 4.78 is 0. The SMILES string of the molecule is CCc1ccc(CNc2cc(C)nc(C)c2C#N)cc1. The minimum absolute atomic E-state index is 0.626. The molecule has 0 radical (unpaired) electrons. The molecule has 0 amide bonds. The van der Waals surface area contributed by atoms with Crippen molar-refractivity contribution in [2.45, 2.75) is 33.7 Å². The molecule has 0 bridgehead atoms. The van der Waals surface area contributed by atoms with Gasteiger partial charge in [0.25, 0.3) is 0 Å². The fourth-order valence-corrected chi connectivity index (χ4v) is 2.20. The first kappa shape index (κ1) is 14.1. The van der Waals surface area contributed by atoms with E-state index >= 15 is 0 Å². The number of nitrogens with zero attached hydrogens (tertiary/aromatic N) is 2. The van der Waals surface area contributed by atoms with E-state index in [4.69, 9.17) is 0 Å². The van der Waals surface area contributed by atoms with Gasteiger partial charge in [0.2, 0.25) is 0 Å². The average molecular weight is 265 g/mol. The van der Waals surface area contributed by atoms with Crippen molar-refractivity contribution in [1.82, 2.24) is 4.98 Å². The topological polar surface area (TPSA) is 48.7 Å². The number of aromatic nitrogens is 1. The van der Waals surface area contributed by atoms with Gasteiger partial charge in [-0.1, -0.05) is 31.2 Å². The number of nitriles is 1. The number of aryl methyl sites for hydroxylation is 3. The Labute approximate surface area is 120 Å². The van der Waals surface area contributed by atoms with Gasteiger partial charge in [0.1, 0.15) is 6.07 Å². The first-order valence-electron chi connectivity index (χ1n) is 6.84. The number of hydrogen-bond donors (Lipinski definition) is 1. The van der Waals surface area contributed by atoms with Gasteiger partial charge in [-0.3, -0.25) is 4.98 Å². The van der Waals surface area contributed by atoms with Crippen molar-refractivity contribution in [2.75, 3.05) is 5.32 Å². The van der Waals surface area contributed by atoms with Crippen molar-refractivity contribution in [2.24, 2.45) is 0 Å². The third-order valence-electron chi connectivity index (χ3n) is 3.35. The van der Waals surface area contributed by atoms with Gasteiger partial charge in [-0.05, 0) is 37.5 Å². The molecule has 1 N–H and O–H groups in total. The van der Waals surface area contributed by atoms with Crippen LogP contribution in [0, 0.1) is 25.2 Å². The number of anilines is 1. The summed E-state index contributed by atoms with van der Waals surface area (Å²) in [6.45, 7) is 6.67. The molecule has 0 aliphatic carbocycles. The highest BCUT2D eigenvalue weighted by Gasteiger charge is 2.07. The summed E-state index contributed by atoms with van der Waals surface area (Å²) in [5, 5.41) is 12.6. The lowest BCUT2D eigenvalue weighted by Gasteiger charge is -2.11. The maximum Gasteiger partial charge on any atom is 0.103 e. The Morgan fingerprint density at radius 1 is 1.15 bits per heavy atom. The van der Waals surface area contributed by atoms with Crippen molar-refractivity contribution >= 4 is 5.69 Å². The van der Waals surface area contributed by atoms with E-state index in [1.807, 2.05) is 19.9 Å². The largest absolute Gasteiger partial charge is 0.380 e. The number of rotatable bonds is 4. The van der Waals surface area contributed by atoms with Gasteiger partial charge < -0.3 is 5.32 Å². The van der Waals surface area contributed by atoms with Crippen molar-refractivity contribution in [3.8, 4) is 6.07 Å². The maximum absolute atomic E-state index is 9.23. The molecule has 0 aliphatic heterocycles. The van der Waals surface area contributed by atoms with Crippen LogP contribution in [0.2, 0.25) is 0 Å². The van der Waals surface area contributed by atoms with Crippen LogP contribution in [0.25, 0.3) is 0 Å². The Morgan fingerprint density at radius 2 is 1.80 bits per heavy atom. The van der Waals surface area contributed by atoms with Crippen LogP contribution in [0.5, 0.6) is 0 Å². The van der Waals surface area contributed by atoms with Crippen LogP contribution in [0.4, 0.5) is 5.69 Å². The predicted octanol–water partition coefficient (Wildman–Crippen LogP) is 3.74. The van der Waals surface area contributed by atoms with Crippen LogP contribution in [0.15, 0.2) is 30.3 Å². The zero-order chi connectivity index (χ0) is 14.5. The molecule has 0 saturated carbocycles. The quantitative estimate of drug-likeness (QED) is 0.916. The molecule has 2 rings (SSSR count). The number of pyridine rings is 1. The molecular weight excluding hydrogens is 246 g/mol. The van der Waals surface area contributed by atoms with E-state index in [0.29, 0.717) is 12.1 Å². The van der Waals surface area contributed by atoms with Gasteiger partial charge in [-0.2, -0.15) is 5.26 Å². The highest BCUT2D eigenvalue weighted by molar-refractivity contribution is 5.60. The first-order chi connectivity index (χ1) is 9.63. The Bertz CT molecular complexity index is 637. The first-order valence-corrected chi connectivity index (χ1v) is 6.84. The Hall–Kier alpha value is -2.34. The van der Waals surface area contributed by atoms with Gasteiger partial charge >= 0.3 is 0 Å². The second-order valence-electron chi connectivity index (χ2n) is 4.91. The van der Waals surface area contributed by atoms with Crippen molar-refractivity contribution < 1.29 is 0 Å². The number of nitrogens with one attached hydrogen (secondary N) is 1. The lowest BCUT2D eigenvalue weighted by molar-refractivity contribution is 1.07. The third kappa shape index (κ3) is 3.16. The summed E-state index contributed by atoms with van der Waals surface area (Å²) in [4.78, 5) is 4.32. The molecular formula is C17H19N3. The summed E-state index contributed by atoms with van der Waals surface area (Å²) in [6, 6.07) is 12.7. The fourth-order valence-electron chi connectivity index (χ4n) is 2.20. The molecule has 1 aromatic carbocycles. The van der Waals surface area contributed by atoms with Gasteiger partial charge in [-0.15, -0.1) is 0 Å². The zero-order valence-electron chi connectivity index (χ0n) is 12.2. The van der Waals surface area contributed by atoms with Crippen LogP contribution in [0.1, 0.15) is 35.0 Å². The smallest absolute Gasteiger partial charge is 0.103 e. The van der Waals surface area contributed by atoms with Gasteiger partial charge in [0, 0.05) is 12.2 Å². The summed E-state index contributed by atoms with van der Waals surface area (Å²) in [5.41, 5.74) is 5.72. The molecule has 3 nitrogen and oxygen atoms in total. The summed E-state index contributed by atoms with van der Waals surface area (Å²) in [6.07, 6.45) is 1.05. The second kappa shape index (κ2) is 6.21. The highest BCUT2D eigenvalue weighted by atomic mass is 14.9. The lowest BCUT2D eigenvalue weighted by atomic mass is 10.1. The van der Waals surface area contributed by atoms with Crippen LogP contribution in [-0.2, 0) is 13.0 Å². The fraction of sp³-hybridized carbons (Fsp3) is 0.294. The lowest BCUT2D eigenvalue weighted by Crippen LogP contribution is -2.04. The molecule has 0 spiro atoms. The molecule has 1 heterocycles. The molecule has 102 valence electrons. The van der Waals surface area contributed by atoms with E-state index < -0.39 is 0 Å². The molecule has 0 fully saturated rings. The molecule has 0 unspecified atom stereocenters. The van der Waals surface area contributed by atoms with E-state index in [2.05, 4.69) is 47.6 Å². The molecule has 0 saturated heterocycles. The summed E-state index contributed by atoms with van der Waals surface area (Å²) in [7, 11) is 0. The monoisotopic (exact) mass is 265 g/mol. The molecule has 1 aromatic heterocycles. The van der Waals surface area contributed by atoms with Gasteiger partial charge in [0.05, 0.1) is 16.9 Å². The normalized spacial score (nSPS) is 10.1.